The van der Waals surface area contributed by atoms with Gasteiger partial charge in [-0.25, -0.2) is 9.67 Å². The van der Waals surface area contributed by atoms with Crippen LogP contribution in [0.25, 0.3) is 5.69 Å². The van der Waals surface area contributed by atoms with E-state index in [0.29, 0.717) is 51.9 Å². The number of rotatable bonds is 5. The maximum absolute atomic E-state index is 14.0. The van der Waals surface area contributed by atoms with E-state index in [0.717, 1.165) is 21.4 Å². The zero-order chi connectivity index (χ0) is 28.7. The molecule has 7 nitrogen and oxygen atoms in total. The molecule has 0 saturated carbocycles. The Hall–Kier alpha value is -4.01. The first-order valence-electron chi connectivity index (χ1n) is 13.3. The molecule has 1 aliphatic heterocycles. The molecule has 0 bridgehead atoms. The second kappa shape index (κ2) is 11.1. The van der Waals surface area contributed by atoms with E-state index in [9.17, 15) is 9.59 Å². The fourth-order valence-corrected chi connectivity index (χ4v) is 6.42. The normalized spacial score (nSPS) is 18.7. The van der Waals surface area contributed by atoms with Crippen LogP contribution in [0.1, 0.15) is 48.4 Å². The summed E-state index contributed by atoms with van der Waals surface area (Å²) in [6.45, 7) is 3.73. The molecule has 0 fully saturated rings. The first kappa shape index (κ1) is 27.2. The minimum atomic E-state index is -0.698. The van der Waals surface area contributed by atoms with Crippen LogP contribution in [0.15, 0.2) is 106 Å². The second-order valence-corrected chi connectivity index (χ2v) is 11.6. The molecule has 2 aromatic heterocycles. The Morgan fingerprint density at radius 1 is 1.02 bits per heavy atom. The van der Waals surface area contributed by atoms with Crippen molar-refractivity contribution < 1.29 is 9.59 Å². The van der Waals surface area contributed by atoms with Crippen molar-refractivity contribution in [2.45, 2.75) is 38.5 Å². The van der Waals surface area contributed by atoms with Crippen LogP contribution in [0, 0.1) is 6.92 Å². The topological polar surface area (TPSA) is 88.9 Å². The summed E-state index contributed by atoms with van der Waals surface area (Å²) in [5.41, 5.74) is 5.65. The third kappa shape index (κ3) is 5.13. The fourth-order valence-electron chi connectivity index (χ4n) is 5.80. The minimum Gasteiger partial charge on any atom is -0.362 e. The van der Waals surface area contributed by atoms with E-state index < -0.39 is 5.92 Å². The highest BCUT2D eigenvalue weighted by atomic mass is 79.9. The van der Waals surface area contributed by atoms with Gasteiger partial charge in [0.2, 0.25) is 0 Å². The monoisotopic (exact) mass is 627 g/mol. The number of anilines is 1. The number of para-hydroxylation sites is 1. The maximum Gasteiger partial charge on any atom is 0.255 e. The molecule has 206 valence electrons. The number of hydrogen-bond donors (Lipinski definition) is 2. The summed E-state index contributed by atoms with van der Waals surface area (Å²) >= 11 is 10.5. The minimum absolute atomic E-state index is 0.0138. The summed E-state index contributed by atoms with van der Waals surface area (Å²) in [7, 11) is 0. The Balaban J connectivity index is 1.48. The summed E-state index contributed by atoms with van der Waals surface area (Å²) in [6, 6.07) is 23.2. The van der Waals surface area contributed by atoms with Crippen LogP contribution >= 0.6 is 27.5 Å². The number of hydrogen-bond acceptors (Lipinski definition) is 5. The van der Waals surface area contributed by atoms with Gasteiger partial charge in [-0.3, -0.25) is 9.59 Å². The number of dihydropyridines is 1. The number of carbonyl (C=O) groups is 2. The third-order valence-corrected chi connectivity index (χ3v) is 8.48. The zero-order valence-electron chi connectivity index (χ0n) is 22.5. The molecular weight excluding hydrogens is 602 g/mol. The van der Waals surface area contributed by atoms with Gasteiger partial charge in [-0.2, -0.15) is 5.10 Å². The van der Waals surface area contributed by atoms with Crippen molar-refractivity contribution in [3.8, 4) is 5.69 Å². The van der Waals surface area contributed by atoms with E-state index in [1.54, 1.807) is 23.0 Å². The van der Waals surface area contributed by atoms with Gasteiger partial charge in [0.1, 0.15) is 11.0 Å². The Labute approximate surface area is 251 Å². The molecular formula is C32H27BrClN5O2. The number of pyridine rings is 1. The number of carbonyl (C=O) groups excluding carboxylic acids is 2. The molecule has 0 unspecified atom stereocenters. The van der Waals surface area contributed by atoms with Gasteiger partial charge in [-0.1, -0.05) is 60.1 Å². The van der Waals surface area contributed by atoms with E-state index >= 15 is 0 Å². The average molecular weight is 629 g/mol. The van der Waals surface area contributed by atoms with Crippen molar-refractivity contribution in [2.75, 3.05) is 5.32 Å². The van der Waals surface area contributed by atoms with Crippen molar-refractivity contribution in [1.82, 2.24) is 20.1 Å². The molecule has 4 aromatic rings. The van der Waals surface area contributed by atoms with Gasteiger partial charge in [0.15, 0.2) is 5.78 Å². The number of Topliss-reactive ketones (excluding diaryl/α,β-unsaturated/α-hetero) is 1. The Bertz CT molecular complexity index is 1710. The van der Waals surface area contributed by atoms with Gasteiger partial charge in [-0.05, 0) is 71.9 Å². The van der Waals surface area contributed by atoms with E-state index in [1.165, 1.54) is 0 Å². The van der Waals surface area contributed by atoms with Crippen molar-refractivity contribution in [3.63, 3.8) is 0 Å². The molecule has 6 rings (SSSR count). The number of ketones is 1. The van der Waals surface area contributed by atoms with Gasteiger partial charge < -0.3 is 10.6 Å². The summed E-state index contributed by atoms with van der Waals surface area (Å²) in [6.07, 6.45) is 2.60. The number of nitrogens with zero attached hydrogens (tertiary/aromatic N) is 3. The van der Waals surface area contributed by atoms with Crippen LogP contribution < -0.4 is 10.6 Å². The van der Waals surface area contributed by atoms with Crippen molar-refractivity contribution in [2.24, 2.45) is 0 Å². The Morgan fingerprint density at radius 2 is 1.73 bits per heavy atom. The summed E-state index contributed by atoms with van der Waals surface area (Å²) in [5.74, 6) is -0.633. The fraction of sp³-hybridized carbons (Fsp3) is 0.188. The molecule has 0 radical (unpaired) electrons. The van der Waals surface area contributed by atoms with Crippen molar-refractivity contribution in [3.05, 3.63) is 128 Å². The molecule has 2 aliphatic rings. The van der Waals surface area contributed by atoms with Crippen LogP contribution in [0.2, 0.25) is 5.15 Å². The Morgan fingerprint density at radius 3 is 2.41 bits per heavy atom. The standard InChI is InChI=1S/C32H27BrClN5O2/c1-18-28(32(41)37-26-14-13-22(33)17-35-26)30(27-19(2)38-39(31(27)34)23-11-7-4-8-12-23)29-24(36-18)15-21(16-25(29)40)20-9-5-3-6-10-20/h3-14,17,21,30,36H,15-16H2,1-2H3,(H,35,37,41)/t21-,30+/m1/s1. The predicted molar refractivity (Wildman–Crippen MR) is 163 cm³/mol. The van der Waals surface area contributed by atoms with Gasteiger partial charge in [-0.15, -0.1) is 0 Å². The number of aromatic nitrogens is 3. The van der Waals surface area contributed by atoms with Crippen molar-refractivity contribution in [1.29, 1.82) is 0 Å². The molecule has 3 heterocycles. The van der Waals surface area contributed by atoms with Crippen molar-refractivity contribution >= 4 is 45.0 Å². The van der Waals surface area contributed by atoms with Crippen LogP contribution in [-0.4, -0.2) is 26.5 Å². The number of aryl methyl sites for hydroxylation is 1. The van der Waals surface area contributed by atoms with Crippen LogP contribution in [-0.2, 0) is 9.59 Å². The molecule has 0 saturated heterocycles. The highest BCUT2D eigenvalue weighted by Crippen LogP contribution is 2.48. The molecule has 1 amide bonds. The number of halogens is 2. The average Bonchev–Trinajstić information content (AvgIpc) is 3.27. The lowest BCUT2D eigenvalue weighted by Gasteiger charge is -2.37. The molecule has 41 heavy (non-hydrogen) atoms. The third-order valence-electron chi connectivity index (χ3n) is 7.65. The molecule has 9 heteroatoms. The quantitative estimate of drug-likeness (QED) is 0.249. The Kier molecular flexibility index (Phi) is 7.36. The van der Waals surface area contributed by atoms with Gasteiger partial charge in [0.05, 0.1) is 17.3 Å². The van der Waals surface area contributed by atoms with Crippen LogP contribution in [0.4, 0.5) is 5.82 Å². The lowest BCUT2D eigenvalue weighted by molar-refractivity contribution is -0.116. The molecule has 1 aliphatic carbocycles. The van der Waals surface area contributed by atoms with Gasteiger partial charge in [0.25, 0.3) is 5.91 Å². The summed E-state index contributed by atoms with van der Waals surface area (Å²) in [5, 5.41) is 11.5. The molecule has 2 aromatic carbocycles. The number of benzene rings is 2. The van der Waals surface area contributed by atoms with E-state index in [4.69, 9.17) is 16.7 Å². The van der Waals surface area contributed by atoms with E-state index in [2.05, 4.69) is 43.7 Å². The lowest BCUT2D eigenvalue weighted by Crippen LogP contribution is -2.37. The molecule has 2 atom stereocenters. The number of allylic oxidation sites excluding steroid dienone is 3. The first-order chi connectivity index (χ1) is 19.8. The lowest BCUT2D eigenvalue weighted by atomic mass is 9.71. The first-order valence-corrected chi connectivity index (χ1v) is 14.5. The van der Waals surface area contributed by atoms with E-state index in [-0.39, 0.29) is 17.6 Å². The van der Waals surface area contributed by atoms with E-state index in [1.807, 2.05) is 62.4 Å². The molecule has 0 spiro atoms. The zero-order valence-corrected chi connectivity index (χ0v) is 24.8. The molecule has 2 N–H and O–H groups in total. The van der Waals surface area contributed by atoms with Gasteiger partial charge >= 0.3 is 0 Å². The van der Waals surface area contributed by atoms with Crippen LogP contribution in [0.5, 0.6) is 0 Å². The summed E-state index contributed by atoms with van der Waals surface area (Å²) < 4.78 is 2.46. The number of amides is 1. The second-order valence-electron chi connectivity index (χ2n) is 10.3. The smallest absolute Gasteiger partial charge is 0.255 e. The number of nitrogens with one attached hydrogen (secondary N) is 2. The predicted octanol–water partition coefficient (Wildman–Crippen LogP) is 6.99. The highest BCUT2D eigenvalue weighted by molar-refractivity contribution is 9.10. The van der Waals surface area contributed by atoms with Gasteiger partial charge in [0, 0.05) is 45.2 Å². The highest BCUT2D eigenvalue weighted by Gasteiger charge is 2.43. The maximum atomic E-state index is 14.0. The summed E-state index contributed by atoms with van der Waals surface area (Å²) in [4.78, 5) is 32.3. The van der Waals surface area contributed by atoms with Crippen LogP contribution in [0.3, 0.4) is 0 Å². The SMILES string of the molecule is CC1=C(C(=O)Nc2ccc(Br)cn2)[C@H](c2c(C)nn(-c3ccccc3)c2Cl)C2=C(C[C@@H](c3ccccc3)CC2=O)N1. The largest absolute Gasteiger partial charge is 0.362 e.